The van der Waals surface area contributed by atoms with E-state index in [1.54, 1.807) is 6.20 Å². The van der Waals surface area contributed by atoms with Gasteiger partial charge in [0.1, 0.15) is 17.5 Å². The minimum Gasteiger partial charge on any atom is -0.326 e. The summed E-state index contributed by atoms with van der Waals surface area (Å²) in [6.45, 7) is 2.48. The average molecular weight is 256 g/mol. The van der Waals surface area contributed by atoms with Crippen molar-refractivity contribution in [2.24, 2.45) is 5.73 Å². The van der Waals surface area contributed by atoms with Gasteiger partial charge < -0.3 is 5.73 Å². The number of nitrogens with zero attached hydrogens (tertiary/aromatic N) is 3. The lowest BCUT2D eigenvalue weighted by Gasteiger charge is -2.07. The fourth-order valence-corrected chi connectivity index (χ4v) is 2.20. The largest absolute Gasteiger partial charge is 0.326 e. The molecular weight excluding hydrogens is 243 g/mol. The summed E-state index contributed by atoms with van der Waals surface area (Å²) in [5.74, 6) is -0.323. The van der Waals surface area contributed by atoms with Crippen LogP contribution in [0.15, 0.2) is 36.8 Å². The molecule has 0 spiro atoms. The predicted molar refractivity (Wildman–Crippen MR) is 71.0 cm³/mol. The lowest BCUT2D eigenvalue weighted by atomic mass is 10.0. The summed E-state index contributed by atoms with van der Waals surface area (Å²) in [5.41, 5.74) is 9.63. The monoisotopic (exact) mass is 256 g/mol. The third kappa shape index (κ3) is 1.88. The molecule has 4 nitrogen and oxygen atoms in total. The molecule has 0 unspecified atom stereocenters. The number of aromatic nitrogens is 3. The van der Waals surface area contributed by atoms with E-state index in [0.717, 1.165) is 16.7 Å². The number of rotatable bonds is 2. The van der Waals surface area contributed by atoms with E-state index in [0.29, 0.717) is 17.8 Å². The summed E-state index contributed by atoms with van der Waals surface area (Å²) in [5, 5.41) is 3.99. The third-order valence-corrected chi connectivity index (χ3v) is 3.24. The van der Waals surface area contributed by atoms with Crippen LogP contribution in [0.1, 0.15) is 11.1 Å². The second-order valence-corrected chi connectivity index (χ2v) is 4.41. The Kier molecular flexibility index (Phi) is 2.76. The molecule has 3 rings (SSSR count). The first-order valence-corrected chi connectivity index (χ1v) is 5.98. The number of benzene rings is 1. The summed E-state index contributed by atoms with van der Waals surface area (Å²) in [4.78, 5) is 4.20. The van der Waals surface area contributed by atoms with Gasteiger partial charge in [-0.05, 0) is 30.2 Å². The molecule has 2 N–H and O–H groups in total. The van der Waals surface area contributed by atoms with E-state index in [-0.39, 0.29) is 5.82 Å². The maximum Gasteiger partial charge on any atom is 0.152 e. The molecule has 0 saturated heterocycles. The van der Waals surface area contributed by atoms with Crippen molar-refractivity contribution >= 4 is 5.52 Å². The van der Waals surface area contributed by atoms with Crippen molar-refractivity contribution in [2.75, 3.05) is 0 Å². The van der Waals surface area contributed by atoms with Crippen LogP contribution in [-0.4, -0.2) is 14.6 Å². The van der Waals surface area contributed by atoms with E-state index in [9.17, 15) is 4.39 Å². The fraction of sp³-hybridized carbons (Fsp3) is 0.143. The van der Waals surface area contributed by atoms with Crippen LogP contribution in [0.4, 0.5) is 4.39 Å². The number of fused-ring (bicyclic) bond motifs is 1. The number of aryl methyl sites for hydroxylation is 1. The molecule has 2 aromatic heterocycles. The standard InChI is InChI=1S/C14H13FN4/c1-9-6-10(2-3-11(9)7-16)13-14-12(15)4-5-19(14)18-8-17-13/h2-6,8H,7,16H2,1H3. The normalized spacial score (nSPS) is 11.1. The summed E-state index contributed by atoms with van der Waals surface area (Å²) in [6, 6.07) is 7.21. The van der Waals surface area contributed by atoms with Gasteiger partial charge in [-0.1, -0.05) is 12.1 Å². The molecule has 0 fully saturated rings. The van der Waals surface area contributed by atoms with Gasteiger partial charge in [-0.3, -0.25) is 0 Å². The van der Waals surface area contributed by atoms with Crippen molar-refractivity contribution in [1.82, 2.24) is 14.6 Å². The first-order valence-electron chi connectivity index (χ1n) is 5.98. The van der Waals surface area contributed by atoms with Crippen molar-refractivity contribution in [1.29, 1.82) is 0 Å². The number of hydrogen-bond donors (Lipinski definition) is 1. The minimum absolute atomic E-state index is 0.323. The van der Waals surface area contributed by atoms with Crippen LogP contribution >= 0.6 is 0 Å². The highest BCUT2D eigenvalue weighted by molar-refractivity contribution is 5.77. The van der Waals surface area contributed by atoms with Crippen molar-refractivity contribution in [3.8, 4) is 11.3 Å². The van der Waals surface area contributed by atoms with Crippen LogP contribution in [0.2, 0.25) is 0 Å². The summed E-state index contributed by atoms with van der Waals surface area (Å²) in [6.07, 6.45) is 3.00. The molecule has 0 saturated carbocycles. The molecule has 0 atom stereocenters. The van der Waals surface area contributed by atoms with Crippen molar-refractivity contribution in [2.45, 2.75) is 13.5 Å². The van der Waals surface area contributed by atoms with Crippen LogP contribution in [0.3, 0.4) is 0 Å². The first kappa shape index (κ1) is 11.8. The highest BCUT2D eigenvalue weighted by atomic mass is 19.1. The zero-order chi connectivity index (χ0) is 13.4. The van der Waals surface area contributed by atoms with Crippen LogP contribution in [-0.2, 0) is 6.54 Å². The van der Waals surface area contributed by atoms with Gasteiger partial charge in [-0.25, -0.2) is 13.9 Å². The second kappa shape index (κ2) is 4.44. The lowest BCUT2D eigenvalue weighted by Crippen LogP contribution is -2.00. The summed E-state index contributed by atoms with van der Waals surface area (Å²) < 4.78 is 15.3. The Morgan fingerprint density at radius 2 is 2.16 bits per heavy atom. The van der Waals surface area contributed by atoms with E-state index < -0.39 is 0 Å². The predicted octanol–water partition coefficient (Wildman–Crippen LogP) is 2.30. The van der Waals surface area contributed by atoms with Gasteiger partial charge in [0, 0.05) is 18.3 Å². The molecule has 19 heavy (non-hydrogen) atoms. The highest BCUT2D eigenvalue weighted by Crippen LogP contribution is 2.25. The molecule has 0 aliphatic rings. The zero-order valence-electron chi connectivity index (χ0n) is 10.5. The Balaban J connectivity index is 2.24. The maximum absolute atomic E-state index is 13.8. The topological polar surface area (TPSA) is 56.2 Å². The molecule has 0 aliphatic carbocycles. The van der Waals surface area contributed by atoms with E-state index in [1.807, 2.05) is 25.1 Å². The van der Waals surface area contributed by atoms with E-state index >= 15 is 0 Å². The van der Waals surface area contributed by atoms with Crippen LogP contribution in [0.25, 0.3) is 16.8 Å². The zero-order valence-corrected chi connectivity index (χ0v) is 10.5. The van der Waals surface area contributed by atoms with Crippen LogP contribution in [0.5, 0.6) is 0 Å². The fourth-order valence-electron chi connectivity index (χ4n) is 2.20. The quantitative estimate of drug-likeness (QED) is 0.765. The lowest BCUT2D eigenvalue weighted by molar-refractivity contribution is 0.638. The molecule has 1 aromatic carbocycles. The molecule has 0 bridgehead atoms. The molecule has 2 heterocycles. The summed E-state index contributed by atoms with van der Waals surface area (Å²) >= 11 is 0. The van der Waals surface area contributed by atoms with Crippen LogP contribution < -0.4 is 5.73 Å². The molecule has 3 aromatic rings. The van der Waals surface area contributed by atoms with Gasteiger partial charge in [-0.2, -0.15) is 5.10 Å². The Labute approximate surface area is 109 Å². The molecule has 5 heteroatoms. The maximum atomic E-state index is 13.8. The Hall–Kier alpha value is -2.27. The number of hydrogen-bond acceptors (Lipinski definition) is 3. The van der Waals surface area contributed by atoms with Gasteiger partial charge >= 0.3 is 0 Å². The van der Waals surface area contributed by atoms with Crippen molar-refractivity contribution in [3.63, 3.8) is 0 Å². The Morgan fingerprint density at radius 1 is 1.32 bits per heavy atom. The van der Waals surface area contributed by atoms with E-state index in [1.165, 1.54) is 16.9 Å². The van der Waals surface area contributed by atoms with E-state index in [2.05, 4.69) is 10.1 Å². The van der Waals surface area contributed by atoms with Crippen LogP contribution in [0, 0.1) is 12.7 Å². The minimum atomic E-state index is -0.323. The second-order valence-electron chi connectivity index (χ2n) is 4.41. The highest BCUT2D eigenvalue weighted by Gasteiger charge is 2.12. The molecule has 0 radical (unpaired) electrons. The molecule has 96 valence electrons. The first-order chi connectivity index (χ1) is 9.20. The number of halogens is 1. The van der Waals surface area contributed by atoms with Gasteiger partial charge in [0.2, 0.25) is 0 Å². The van der Waals surface area contributed by atoms with Gasteiger partial charge in [0.05, 0.1) is 0 Å². The van der Waals surface area contributed by atoms with Crippen molar-refractivity contribution < 1.29 is 4.39 Å². The van der Waals surface area contributed by atoms with Gasteiger partial charge in [0.15, 0.2) is 5.82 Å². The van der Waals surface area contributed by atoms with E-state index in [4.69, 9.17) is 5.73 Å². The summed E-state index contributed by atoms with van der Waals surface area (Å²) in [7, 11) is 0. The Bertz CT molecular complexity index is 748. The Morgan fingerprint density at radius 3 is 2.89 bits per heavy atom. The SMILES string of the molecule is Cc1cc(-c2ncnn3ccc(F)c23)ccc1CN. The van der Waals surface area contributed by atoms with Gasteiger partial charge in [-0.15, -0.1) is 0 Å². The molecular formula is C14H13FN4. The third-order valence-electron chi connectivity index (χ3n) is 3.24. The molecule has 0 amide bonds. The smallest absolute Gasteiger partial charge is 0.152 e. The van der Waals surface area contributed by atoms with Crippen molar-refractivity contribution in [3.05, 3.63) is 53.7 Å². The molecule has 0 aliphatic heterocycles. The van der Waals surface area contributed by atoms with Gasteiger partial charge in [0.25, 0.3) is 0 Å². The number of nitrogens with two attached hydrogens (primary N) is 1. The average Bonchev–Trinajstić information content (AvgIpc) is 2.81.